The molecule has 0 bridgehead atoms. The van der Waals surface area contributed by atoms with Crippen LogP contribution in [0.2, 0.25) is 0 Å². The zero-order valence-electron chi connectivity index (χ0n) is 14.2. The lowest BCUT2D eigenvalue weighted by Crippen LogP contribution is -2.12. The van der Waals surface area contributed by atoms with E-state index in [2.05, 4.69) is 15.3 Å². The SMILES string of the molecule is COCc1nc(OC)c2c(C)c(C(=O)Nc3ccc(F)cc3F)sc2n1. The van der Waals surface area contributed by atoms with Crippen molar-refractivity contribution in [2.24, 2.45) is 0 Å². The summed E-state index contributed by atoms with van der Waals surface area (Å²) in [4.78, 5) is 22.1. The summed E-state index contributed by atoms with van der Waals surface area (Å²) in [5.41, 5.74) is 0.511. The Hall–Kier alpha value is -2.65. The molecule has 3 rings (SSSR count). The van der Waals surface area contributed by atoms with Crippen molar-refractivity contribution in [3.63, 3.8) is 0 Å². The van der Waals surface area contributed by atoms with Crippen molar-refractivity contribution in [2.45, 2.75) is 13.5 Å². The number of nitrogens with zero attached hydrogens (tertiary/aromatic N) is 2. The van der Waals surface area contributed by atoms with Gasteiger partial charge in [-0.1, -0.05) is 0 Å². The molecule has 0 aliphatic heterocycles. The number of rotatable bonds is 5. The second-order valence-electron chi connectivity index (χ2n) is 5.40. The summed E-state index contributed by atoms with van der Waals surface area (Å²) in [6.07, 6.45) is 0. The summed E-state index contributed by atoms with van der Waals surface area (Å²) in [7, 11) is 3.00. The van der Waals surface area contributed by atoms with Gasteiger partial charge in [-0.25, -0.2) is 13.8 Å². The van der Waals surface area contributed by atoms with Crippen molar-refractivity contribution in [1.29, 1.82) is 0 Å². The smallest absolute Gasteiger partial charge is 0.266 e. The fourth-order valence-corrected chi connectivity index (χ4v) is 3.56. The van der Waals surface area contributed by atoms with Gasteiger partial charge in [-0.15, -0.1) is 11.3 Å². The van der Waals surface area contributed by atoms with Crippen LogP contribution in [-0.4, -0.2) is 30.1 Å². The van der Waals surface area contributed by atoms with E-state index in [1.807, 2.05) is 0 Å². The van der Waals surface area contributed by atoms with Gasteiger partial charge in [-0.2, -0.15) is 4.98 Å². The topological polar surface area (TPSA) is 73.3 Å². The number of hydrogen-bond acceptors (Lipinski definition) is 6. The number of halogens is 2. The molecule has 0 saturated heterocycles. The lowest BCUT2D eigenvalue weighted by atomic mass is 10.2. The number of aryl methyl sites for hydroxylation is 1. The highest BCUT2D eigenvalue weighted by Crippen LogP contribution is 2.35. The fraction of sp³-hybridized carbons (Fsp3) is 0.235. The van der Waals surface area contributed by atoms with E-state index in [1.165, 1.54) is 20.3 Å². The molecule has 1 aromatic carbocycles. The Labute approximate surface area is 151 Å². The van der Waals surface area contributed by atoms with Crippen LogP contribution < -0.4 is 10.1 Å². The van der Waals surface area contributed by atoms with Crippen LogP contribution in [0.15, 0.2) is 18.2 Å². The Morgan fingerprint density at radius 3 is 2.69 bits per heavy atom. The molecule has 0 saturated carbocycles. The zero-order valence-corrected chi connectivity index (χ0v) is 15.0. The van der Waals surface area contributed by atoms with Gasteiger partial charge < -0.3 is 14.8 Å². The van der Waals surface area contributed by atoms with Crippen LogP contribution in [0.4, 0.5) is 14.5 Å². The highest BCUT2D eigenvalue weighted by Gasteiger charge is 2.22. The zero-order chi connectivity index (χ0) is 18.8. The molecule has 0 unspecified atom stereocenters. The van der Waals surface area contributed by atoms with Crippen LogP contribution in [0.3, 0.4) is 0 Å². The second-order valence-corrected chi connectivity index (χ2v) is 6.40. The van der Waals surface area contributed by atoms with Crippen molar-refractivity contribution in [1.82, 2.24) is 9.97 Å². The Morgan fingerprint density at radius 1 is 1.27 bits per heavy atom. The number of nitrogens with one attached hydrogen (secondary N) is 1. The van der Waals surface area contributed by atoms with Gasteiger partial charge in [0.1, 0.15) is 23.1 Å². The third-order valence-corrected chi connectivity index (χ3v) is 4.84. The van der Waals surface area contributed by atoms with E-state index in [1.54, 1.807) is 6.92 Å². The molecule has 2 heterocycles. The Bertz CT molecular complexity index is 991. The number of fused-ring (bicyclic) bond motifs is 1. The van der Waals surface area contributed by atoms with Gasteiger partial charge >= 0.3 is 0 Å². The summed E-state index contributed by atoms with van der Waals surface area (Å²) < 4.78 is 37.1. The third kappa shape index (κ3) is 3.35. The quantitative estimate of drug-likeness (QED) is 0.732. The highest BCUT2D eigenvalue weighted by atomic mass is 32.1. The summed E-state index contributed by atoms with van der Waals surface area (Å²) in [5.74, 6) is -1.33. The molecule has 6 nitrogen and oxygen atoms in total. The van der Waals surface area contributed by atoms with E-state index in [-0.39, 0.29) is 12.3 Å². The first-order valence-corrected chi connectivity index (χ1v) is 8.35. The molecule has 1 amide bonds. The molecule has 9 heteroatoms. The number of hydrogen-bond donors (Lipinski definition) is 1. The number of methoxy groups -OCH3 is 2. The summed E-state index contributed by atoms with van der Waals surface area (Å²) in [6.45, 7) is 1.93. The van der Waals surface area contributed by atoms with Crippen LogP contribution >= 0.6 is 11.3 Å². The first kappa shape index (κ1) is 18.2. The van der Waals surface area contributed by atoms with E-state index in [0.717, 1.165) is 17.4 Å². The minimum absolute atomic E-state index is 0.105. The molecule has 0 atom stereocenters. The number of benzene rings is 1. The number of carbonyl (C=O) groups is 1. The van der Waals surface area contributed by atoms with Crippen molar-refractivity contribution in [3.8, 4) is 5.88 Å². The number of thiophene rings is 1. The number of anilines is 1. The van der Waals surface area contributed by atoms with Crippen LogP contribution in [0, 0.1) is 18.6 Å². The first-order chi connectivity index (χ1) is 12.4. The maximum absolute atomic E-state index is 13.8. The number of aromatic nitrogens is 2. The normalized spacial score (nSPS) is 11.0. The molecule has 0 radical (unpaired) electrons. The van der Waals surface area contributed by atoms with Gasteiger partial charge in [0.2, 0.25) is 5.88 Å². The van der Waals surface area contributed by atoms with Gasteiger partial charge in [0.05, 0.1) is 23.1 Å². The molecule has 26 heavy (non-hydrogen) atoms. The predicted octanol–water partition coefficient (Wildman–Crippen LogP) is 3.69. The second kappa shape index (κ2) is 7.30. The Balaban J connectivity index is 2.01. The summed E-state index contributed by atoms with van der Waals surface area (Å²) in [5, 5.41) is 3.06. The van der Waals surface area contributed by atoms with Crippen molar-refractivity contribution >= 4 is 33.1 Å². The maximum atomic E-state index is 13.8. The van der Waals surface area contributed by atoms with E-state index >= 15 is 0 Å². The molecule has 3 aromatic rings. The number of carbonyl (C=O) groups excluding carboxylic acids is 1. The van der Waals surface area contributed by atoms with Crippen molar-refractivity contribution < 1.29 is 23.0 Å². The molecular weight excluding hydrogens is 364 g/mol. The van der Waals surface area contributed by atoms with Crippen LogP contribution in [-0.2, 0) is 11.3 Å². The van der Waals surface area contributed by atoms with Gasteiger partial charge in [0.15, 0.2) is 5.82 Å². The van der Waals surface area contributed by atoms with Crippen molar-refractivity contribution in [2.75, 3.05) is 19.5 Å². The molecule has 1 N–H and O–H groups in total. The predicted molar refractivity (Wildman–Crippen MR) is 93.7 cm³/mol. The van der Waals surface area contributed by atoms with E-state index in [0.29, 0.717) is 38.4 Å². The van der Waals surface area contributed by atoms with E-state index in [4.69, 9.17) is 9.47 Å². The van der Waals surface area contributed by atoms with Gasteiger partial charge in [0, 0.05) is 13.2 Å². The monoisotopic (exact) mass is 379 g/mol. The van der Waals surface area contributed by atoms with Gasteiger partial charge in [-0.05, 0) is 24.6 Å². The first-order valence-electron chi connectivity index (χ1n) is 7.54. The number of amides is 1. The fourth-order valence-electron chi connectivity index (χ4n) is 2.47. The Morgan fingerprint density at radius 2 is 2.04 bits per heavy atom. The molecule has 136 valence electrons. The van der Waals surface area contributed by atoms with Crippen LogP contribution in [0.5, 0.6) is 5.88 Å². The largest absolute Gasteiger partial charge is 0.480 e. The average Bonchev–Trinajstić information content (AvgIpc) is 2.94. The lowest BCUT2D eigenvalue weighted by Gasteiger charge is -2.06. The standard InChI is InChI=1S/C17H15F2N3O3S/c1-8-13-16(25-3)21-12(7-24-2)22-17(13)26-14(8)15(23)20-11-5-4-9(18)6-10(11)19/h4-6H,7H2,1-3H3,(H,20,23). The molecule has 0 fully saturated rings. The van der Waals surface area contributed by atoms with Crippen molar-refractivity contribution in [3.05, 3.63) is 46.1 Å². The van der Waals surface area contributed by atoms with E-state index < -0.39 is 17.5 Å². The van der Waals surface area contributed by atoms with Gasteiger partial charge in [-0.3, -0.25) is 4.79 Å². The molecule has 2 aromatic heterocycles. The van der Waals surface area contributed by atoms with Crippen LogP contribution in [0.25, 0.3) is 10.2 Å². The molecular formula is C17H15F2N3O3S. The minimum atomic E-state index is -0.850. The van der Waals surface area contributed by atoms with E-state index in [9.17, 15) is 13.6 Å². The average molecular weight is 379 g/mol. The van der Waals surface area contributed by atoms with Gasteiger partial charge in [0.25, 0.3) is 5.91 Å². The Kier molecular flexibility index (Phi) is 5.10. The highest BCUT2D eigenvalue weighted by molar-refractivity contribution is 7.20. The molecule has 0 spiro atoms. The summed E-state index contributed by atoms with van der Waals surface area (Å²) in [6, 6.07) is 2.95. The molecule has 0 aliphatic carbocycles. The van der Waals surface area contributed by atoms with Crippen LogP contribution in [0.1, 0.15) is 21.1 Å². The maximum Gasteiger partial charge on any atom is 0.266 e. The summed E-state index contributed by atoms with van der Waals surface area (Å²) >= 11 is 1.13. The third-order valence-electron chi connectivity index (χ3n) is 3.66. The number of ether oxygens (including phenoxy) is 2. The molecule has 0 aliphatic rings. The lowest BCUT2D eigenvalue weighted by molar-refractivity contribution is 0.102. The minimum Gasteiger partial charge on any atom is -0.480 e.